The van der Waals surface area contributed by atoms with E-state index in [0.717, 1.165) is 16.7 Å². The van der Waals surface area contributed by atoms with Gasteiger partial charge in [0.25, 0.3) is 5.91 Å². The van der Waals surface area contributed by atoms with Crippen molar-refractivity contribution in [3.8, 4) is 5.75 Å². The van der Waals surface area contributed by atoms with E-state index in [4.69, 9.17) is 16.3 Å². The van der Waals surface area contributed by atoms with Gasteiger partial charge in [-0.25, -0.2) is 0 Å². The summed E-state index contributed by atoms with van der Waals surface area (Å²) in [5.74, 6) is 0.464. The second-order valence-corrected chi connectivity index (χ2v) is 9.17. The fourth-order valence-electron chi connectivity index (χ4n) is 3.99. The zero-order chi connectivity index (χ0) is 25.2. The zero-order valence-corrected chi connectivity index (χ0v) is 21.3. The summed E-state index contributed by atoms with van der Waals surface area (Å²) in [7, 11) is 0. The molecular weight excluding hydrogens is 460 g/mol. The van der Waals surface area contributed by atoms with Gasteiger partial charge in [0.05, 0.1) is 0 Å². The van der Waals surface area contributed by atoms with Gasteiger partial charge in [-0.1, -0.05) is 86.1 Å². The topological polar surface area (TPSA) is 58.6 Å². The number of benzene rings is 3. The van der Waals surface area contributed by atoms with Crippen LogP contribution in [0.1, 0.15) is 43.4 Å². The van der Waals surface area contributed by atoms with Crippen LogP contribution in [0.5, 0.6) is 5.75 Å². The molecule has 0 aliphatic rings. The molecule has 0 bridgehead atoms. The monoisotopic (exact) mass is 492 g/mol. The van der Waals surface area contributed by atoms with Gasteiger partial charge < -0.3 is 15.0 Å². The summed E-state index contributed by atoms with van der Waals surface area (Å²) in [5, 5.41) is 3.47. The number of halogens is 1. The summed E-state index contributed by atoms with van der Waals surface area (Å²) in [5.41, 5.74) is 2.85. The van der Waals surface area contributed by atoms with Crippen molar-refractivity contribution in [1.29, 1.82) is 0 Å². The minimum atomic E-state index is -0.701. The summed E-state index contributed by atoms with van der Waals surface area (Å²) in [6.45, 7) is 6.58. The molecule has 0 unspecified atom stereocenters. The average molecular weight is 493 g/mol. The maximum absolute atomic E-state index is 13.6. The molecule has 3 aromatic carbocycles. The molecule has 0 heterocycles. The van der Waals surface area contributed by atoms with E-state index < -0.39 is 6.04 Å². The molecule has 35 heavy (non-hydrogen) atoms. The van der Waals surface area contributed by atoms with Gasteiger partial charge >= 0.3 is 0 Å². The molecule has 0 saturated heterocycles. The third-order valence-corrected chi connectivity index (χ3v) is 5.99. The molecule has 0 aliphatic carbocycles. The predicted octanol–water partition coefficient (Wildman–Crippen LogP) is 5.62. The number of nitrogens with zero attached hydrogens (tertiary/aromatic N) is 1. The van der Waals surface area contributed by atoms with E-state index >= 15 is 0 Å². The van der Waals surface area contributed by atoms with Gasteiger partial charge in [0, 0.05) is 24.5 Å². The highest BCUT2D eigenvalue weighted by Crippen LogP contribution is 2.26. The molecule has 184 valence electrons. The molecule has 0 saturated carbocycles. The molecule has 3 aromatic rings. The number of nitrogens with one attached hydrogen (secondary N) is 1. The van der Waals surface area contributed by atoms with Gasteiger partial charge in [-0.3, -0.25) is 9.59 Å². The van der Waals surface area contributed by atoms with E-state index in [1.54, 1.807) is 11.0 Å². The Labute approximate surface area is 213 Å². The number of rotatable bonds is 11. The fourth-order valence-corrected chi connectivity index (χ4v) is 4.20. The van der Waals surface area contributed by atoms with Crippen molar-refractivity contribution in [1.82, 2.24) is 10.2 Å². The first-order valence-electron chi connectivity index (χ1n) is 12.0. The van der Waals surface area contributed by atoms with Crippen molar-refractivity contribution in [2.45, 2.75) is 45.7 Å². The first kappa shape index (κ1) is 26.3. The van der Waals surface area contributed by atoms with Crippen molar-refractivity contribution < 1.29 is 14.3 Å². The fraction of sp³-hybridized carbons (Fsp3) is 0.310. The lowest BCUT2D eigenvalue weighted by Crippen LogP contribution is -2.51. The van der Waals surface area contributed by atoms with E-state index in [1.165, 1.54) is 0 Å². The standard InChI is InChI=1S/C29H33ClN2O3/c1-4-31-29(34)26(18-22-11-6-5-7-12-22)32(19-23-13-10-14-24(30)17-23)28(33)20-35-27-16-9-8-15-25(27)21(2)3/h5-17,21,26H,4,18-20H2,1-3H3,(H,31,34)/t26-/m0/s1. The van der Waals surface area contributed by atoms with Crippen LogP contribution in [0.25, 0.3) is 0 Å². The Morgan fingerprint density at radius 2 is 1.63 bits per heavy atom. The Hall–Kier alpha value is -3.31. The Kier molecular flexibility index (Phi) is 9.74. The Morgan fingerprint density at radius 1 is 0.943 bits per heavy atom. The highest BCUT2D eigenvalue weighted by atomic mass is 35.5. The van der Waals surface area contributed by atoms with Crippen LogP contribution >= 0.6 is 11.6 Å². The molecule has 0 radical (unpaired) electrons. The summed E-state index contributed by atoms with van der Waals surface area (Å²) in [4.78, 5) is 28.4. The number of ether oxygens (including phenoxy) is 1. The minimum absolute atomic E-state index is 0.172. The lowest BCUT2D eigenvalue weighted by molar-refractivity contribution is -0.142. The number of para-hydroxylation sites is 1. The normalized spacial score (nSPS) is 11.7. The molecule has 0 aromatic heterocycles. The first-order chi connectivity index (χ1) is 16.9. The number of hydrogen-bond donors (Lipinski definition) is 1. The Bertz CT molecular complexity index is 1120. The van der Waals surface area contributed by atoms with Gasteiger partial charge in [-0.05, 0) is 47.7 Å². The molecule has 5 nitrogen and oxygen atoms in total. The third-order valence-electron chi connectivity index (χ3n) is 5.76. The maximum atomic E-state index is 13.6. The van der Waals surface area contributed by atoms with Gasteiger partial charge in [-0.2, -0.15) is 0 Å². The lowest BCUT2D eigenvalue weighted by atomic mass is 10.0. The SMILES string of the molecule is CCNC(=O)[C@H](Cc1ccccc1)N(Cc1cccc(Cl)c1)C(=O)COc1ccccc1C(C)C. The summed E-state index contributed by atoms with van der Waals surface area (Å²) < 4.78 is 5.99. The maximum Gasteiger partial charge on any atom is 0.261 e. The van der Waals surface area contributed by atoms with Crippen LogP contribution in [0, 0.1) is 0 Å². The van der Waals surface area contributed by atoms with E-state index in [9.17, 15) is 9.59 Å². The zero-order valence-electron chi connectivity index (χ0n) is 20.5. The van der Waals surface area contributed by atoms with Gasteiger partial charge in [0.2, 0.25) is 5.91 Å². The second-order valence-electron chi connectivity index (χ2n) is 8.73. The molecule has 0 fully saturated rings. The molecule has 6 heteroatoms. The molecule has 2 amide bonds. The van der Waals surface area contributed by atoms with Gasteiger partial charge in [0.15, 0.2) is 6.61 Å². The van der Waals surface area contributed by atoms with Crippen molar-refractivity contribution in [2.24, 2.45) is 0 Å². The summed E-state index contributed by atoms with van der Waals surface area (Å²) >= 11 is 6.21. The second kappa shape index (κ2) is 13.0. The van der Waals surface area contributed by atoms with E-state index in [2.05, 4.69) is 19.2 Å². The predicted molar refractivity (Wildman–Crippen MR) is 141 cm³/mol. The highest BCUT2D eigenvalue weighted by molar-refractivity contribution is 6.30. The van der Waals surface area contributed by atoms with Gasteiger partial charge in [-0.15, -0.1) is 0 Å². The van der Waals surface area contributed by atoms with Crippen molar-refractivity contribution in [2.75, 3.05) is 13.2 Å². The van der Waals surface area contributed by atoms with E-state index in [0.29, 0.717) is 23.7 Å². The molecule has 3 rings (SSSR count). The summed E-state index contributed by atoms with van der Waals surface area (Å²) in [6, 6.07) is 24.1. The van der Waals surface area contributed by atoms with E-state index in [1.807, 2.05) is 79.7 Å². The molecule has 0 aliphatic heterocycles. The van der Waals surface area contributed by atoms with Crippen molar-refractivity contribution in [3.63, 3.8) is 0 Å². The van der Waals surface area contributed by atoms with Crippen LogP contribution in [0.3, 0.4) is 0 Å². The quantitative estimate of drug-likeness (QED) is 0.378. The molecule has 1 N–H and O–H groups in total. The number of likely N-dealkylation sites (N-methyl/N-ethyl adjacent to an activating group) is 1. The average Bonchev–Trinajstić information content (AvgIpc) is 2.85. The molecule has 0 spiro atoms. The van der Waals surface area contributed by atoms with Crippen molar-refractivity contribution >= 4 is 23.4 Å². The largest absolute Gasteiger partial charge is 0.483 e. The minimum Gasteiger partial charge on any atom is -0.483 e. The van der Waals surface area contributed by atoms with Crippen LogP contribution in [-0.4, -0.2) is 35.9 Å². The van der Waals surface area contributed by atoms with Crippen LogP contribution in [-0.2, 0) is 22.6 Å². The van der Waals surface area contributed by atoms with Crippen LogP contribution in [0.4, 0.5) is 0 Å². The van der Waals surface area contributed by atoms with Crippen LogP contribution in [0.2, 0.25) is 5.02 Å². The summed E-state index contributed by atoms with van der Waals surface area (Å²) in [6.07, 6.45) is 0.390. The van der Waals surface area contributed by atoms with Gasteiger partial charge in [0.1, 0.15) is 11.8 Å². The van der Waals surface area contributed by atoms with Crippen LogP contribution < -0.4 is 10.1 Å². The number of amides is 2. The Morgan fingerprint density at radius 3 is 2.31 bits per heavy atom. The number of hydrogen-bond acceptors (Lipinski definition) is 3. The first-order valence-corrected chi connectivity index (χ1v) is 12.3. The third kappa shape index (κ3) is 7.59. The number of carbonyl (C=O) groups excluding carboxylic acids is 2. The highest BCUT2D eigenvalue weighted by Gasteiger charge is 2.30. The number of carbonyl (C=O) groups is 2. The lowest BCUT2D eigenvalue weighted by Gasteiger charge is -2.31. The molecular formula is C29H33ClN2O3. The van der Waals surface area contributed by atoms with E-state index in [-0.39, 0.29) is 30.9 Å². The molecule has 1 atom stereocenters. The smallest absolute Gasteiger partial charge is 0.261 e. The Balaban J connectivity index is 1.91. The van der Waals surface area contributed by atoms with Crippen molar-refractivity contribution in [3.05, 3.63) is 101 Å². The van der Waals surface area contributed by atoms with Crippen LogP contribution in [0.15, 0.2) is 78.9 Å².